The smallest absolute Gasteiger partial charge is 0.104 e. The Morgan fingerprint density at radius 1 is 1.17 bits per heavy atom. The number of unbranched alkanes of at least 4 members (excludes halogenated alkanes) is 1. The van der Waals surface area contributed by atoms with Crippen molar-refractivity contribution in [2.75, 3.05) is 33.9 Å². The molecule has 1 aromatic rings. The fraction of sp³-hybridized carbons (Fsp3) is 0.600. The van der Waals surface area contributed by atoms with Crippen molar-refractivity contribution < 1.29 is 14.7 Å². The normalized spacial score (nSPS) is 10.7. The molecule has 0 saturated carbocycles. The van der Waals surface area contributed by atoms with Crippen molar-refractivity contribution in [3.05, 3.63) is 35.9 Å². The van der Waals surface area contributed by atoms with Gasteiger partial charge in [-0.1, -0.05) is 50.1 Å². The minimum Gasteiger partial charge on any atom is -0.854 e. The summed E-state index contributed by atoms with van der Waals surface area (Å²) < 4.78 is 0.834. The molecular formula is C15H27NO2. The molecule has 0 saturated heterocycles. The first-order chi connectivity index (χ1) is 8.55. The number of benzene rings is 1. The molecule has 0 fully saturated rings. The number of hydrogen-bond acceptors (Lipinski definition) is 2. The first-order valence-corrected chi connectivity index (χ1v) is 6.60. The van der Waals surface area contributed by atoms with Crippen LogP contribution in [-0.4, -0.2) is 43.4 Å². The van der Waals surface area contributed by atoms with Crippen molar-refractivity contribution in [1.29, 1.82) is 0 Å². The second-order valence-electron chi connectivity index (χ2n) is 5.08. The van der Waals surface area contributed by atoms with Gasteiger partial charge >= 0.3 is 0 Å². The van der Waals surface area contributed by atoms with E-state index in [9.17, 15) is 5.11 Å². The van der Waals surface area contributed by atoms with Crippen molar-refractivity contribution in [1.82, 2.24) is 0 Å². The number of aliphatic hydroxyl groups excluding tert-OH is 1. The summed E-state index contributed by atoms with van der Waals surface area (Å²) in [7, 11) is 4.26. The minimum atomic E-state index is 0.0938. The van der Waals surface area contributed by atoms with Gasteiger partial charge in [0.15, 0.2) is 0 Å². The highest BCUT2D eigenvalue weighted by atomic mass is 16.3. The summed E-state index contributed by atoms with van der Waals surface area (Å²) in [6.45, 7) is 4.13. The fourth-order valence-electron chi connectivity index (χ4n) is 1.57. The predicted octanol–water partition coefficient (Wildman–Crippen LogP) is 1.40. The van der Waals surface area contributed by atoms with E-state index >= 15 is 0 Å². The van der Waals surface area contributed by atoms with Gasteiger partial charge in [-0.3, -0.25) is 0 Å². The van der Waals surface area contributed by atoms with E-state index in [-0.39, 0.29) is 13.2 Å². The van der Waals surface area contributed by atoms with Gasteiger partial charge in [0.25, 0.3) is 0 Å². The number of quaternary nitrogens is 1. The highest BCUT2D eigenvalue weighted by Gasteiger charge is 2.13. The van der Waals surface area contributed by atoms with Gasteiger partial charge in [0.05, 0.1) is 20.7 Å². The predicted molar refractivity (Wildman–Crippen MR) is 74.0 cm³/mol. The average molecular weight is 253 g/mol. The molecular weight excluding hydrogens is 226 g/mol. The van der Waals surface area contributed by atoms with E-state index in [0.29, 0.717) is 0 Å². The average Bonchev–Trinajstić information content (AvgIpc) is 2.31. The lowest BCUT2D eigenvalue weighted by Crippen LogP contribution is -2.40. The molecule has 1 rings (SSSR count). The molecule has 0 heterocycles. The lowest BCUT2D eigenvalue weighted by atomic mass is 10.2. The maximum atomic E-state index is 9.53. The van der Waals surface area contributed by atoms with E-state index in [2.05, 4.69) is 26.2 Å². The molecule has 0 bridgehead atoms. The van der Waals surface area contributed by atoms with Gasteiger partial charge in [-0.2, -0.15) is 0 Å². The van der Waals surface area contributed by atoms with Crippen LogP contribution in [0.3, 0.4) is 0 Å². The largest absolute Gasteiger partial charge is 0.854 e. The lowest BCUT2D eigenvalue weighted by molar-refractivity contribution is -0.903. The van der Waals surface area contributed by atoms with Crippen molar-refractivity contribution in [2.24, 2.45) is 0 Å². The summed E-state index contributed by atoms with van der Waals surface area (Å²) in [5, 5.41) is 18.4. The van der Waals surface area contributed by atoms with Gasteiger partial charge < -0.3 is 14.7 Å². The molecule has 18 heavy (non-hydrogen) atoms. The molecule has 0 radical (unpaired) electrons. The Morgan fingerprint density at radius 2 is 1.78 bits per heavy atom. The topological polar surface area (TPSA) is 43.3 Å². The first kappa shape index (κ1) is 17.1. The van der Waals surface area contributed by atoms with E-state index in [0.717, 1.165) is 30.4 Å². The monoisotopic (exact) mass is 253 g/mol. The third kappa shape index (κ3) is 9.16. The quantitative estimate of drug-likeness (QED) is 0.779. The van der Waals surface area contributed by atoms with Crippen molar-refractivity contribution >= 4 is 0 Å². The van der Waals surface area contributed by atoms with E-state index in [4.69, 9.17) is 5.11 Å². The van der Waals surface area contributed by atoms with Gasteiger partial charge in [-0.05, 0) is 0 Å². The van der Waals surface area contributed by atoms with Crippen molar-refractivity contribution in [3.8, 4) is 0 Å². The Bertz CT molecular complexity index is 284. The summed E-state index contributed by atoms with van der Waals surface area (Å²) in [4.78, 5) is 0. The molecule has 3 nitrogen and oxygen atoms in total. The number of aliphatic hydroxyl groups is 1. The second-order valence-corrected chi connectivity index (χ2v) is 5.08. The molecule has 0 aliphatic heterocycles. The van der Waals surface area contributed by atoms with Gasteiger partial charge in [0.1, 0.15) is 13.1 Å². The van der Waals surface area contributed by atoms with E-state index in [1.807, 2.05) is 25.1 Å². The summed E-state index contributed by atoms with van der Waals surface area (Å²) in [6.07, 6.45) is 1.86. The zero-order valence-corrected chi connectivity index (χ0v) is 11.9. The summed E-state index contributed by atoms with van der Waals surface area (Å²) >= 11 is 0. The highest BCUT2D eigenvalue weighted by Crippen LogP contribution is 2.07. The SMILES string of the molecule is CCCC[O-].C[N+](C)(CCO)Cc1ccccc1. The molecule has 1 N–H and O–H groups in total. The maximum absolute atomic E-state index is 9.53. The zero-order chi connectivity index (χ0) is 13.9. The van der Waals surface area contributed by atoms with Gasteiger partial charge in [-0.15, -0.1) is 6.61 Å². The van der Waals surface area contributed by atoms with Crippen LogP contribution in [0.1, 0.15) is 25.3 Å². The summed E-state index contributed by atoms with van der Waals surface area (Å²) in [6, 6.07) is 10.4. The second kappa shape index (κ2) is 10.1. The standard InChI is InChI=1S/C11H18NO.C4H9O/c1-12(2,8-9-13)10-11-6-4-3-5-7-11;1-2-3-4-5/h3-7,13H,8-10H2,1-2H3;2-4H2,1H3/q+1;-1. The highest BCUT2D eigenvalue weighted by molar-refractivity contribution is 5.13. The molecule has 0 spiro atoms. The minimum absolute atomic E-state index is 0.0938. The molecule has 0 atom stereocenters. The number of likely N-dealkylation sites (N-methyl/N-ethyl adjacent to an activating group) is 1. The Labute approximate surface area is 111 Å². The Hall–Kier alpha value is -0.900. The number of nitrogens with zero attached hydrogens (tertiary/aromatic N) is 1. The molecule has 0 amide bonds. The third-order valence-corrected chi connectivity index (χ3v) is 2.66. The van der Waals surface area contributed by atoms with Crippen LogP contribution in [0.15, 0.2) is 30.3 Å². The Kier molecular flexibility index (Phi) is 9.56. The molecule has 1 aromatic carbocycles. The van der Waals surface area contributed by atoms with Crippen LogP contribution >= 0.6 is 0 Å². The number of hydrogen-bond donors (Lipinski definition) is 1. The van der Waals surface area contributed by atoms with Crippen LogP contribution < -0.4 is 5.11 Å². The maximum Gasteiger partial charge on any atom is 0.104 e. The molecule has 104 valence electrons. The van der Waals surface area contributed by atoms with Gasteiger partial charge in [-0.25, -0.2) is 0 Å². The lowest BCUT2D eigenvalue weighted by Gasteiger charge is -2.28. The van der Waals surface area contributed by atoms with E-state index in [1.165, 1.54) is 5.56 Å². The molecule has 0 aliphatic carbocycles. The van der Waals surface area contributed by atoms with E-state index < -0.39 is 0 Å². The van der Waals surface area contributed by atoms with Crippen LogP contribution in [0, 0.1) is 0 Å². The molecule has 3 heteroatoms. The van der Waals surface area contributed by atoms with Gasteiger partial charge in [0.2, 0.25) is 0 Å². The number of rotatable bonds is 6. The fourth-order valence-corrected chi connectivity index (χ4v) is 1.57. The van der Waals surface area contributed by atoms with Crippen LogP contribution in [0.5, 0.6) is 0 Å². The van der Waals surface area contributed by atoms with E-state index in [1.54, 1.807) is 0 Å². The first-order valence-electron chi connectivity index (χ1n) is 6.60. The van der Waals surface area contributed by atoms with Crippen molar-refractivity contribution in [3.63, 3.8) is 0 Å². The van der Waals surface area contributed by atoms with Crippen LogP contribution in [0.4, 0.5) is 0 Å². The molecule has 0 unspecified atom stereocenters. The van der Waals surface area contributed by atoms with Crippen LogP contribution in [-0.2, 0) is 6.54 Å². The summed E-state index contributed by atoms with van der Waals surface area (Å²) in [5.41, 5.74) is 1.32. The van der Waals surface area contributed by atoms with Crippen molar-refractivity contribution in [2.45, 2.75) is 26.3 Å². The Morgan fingerprint density at radius 3 is 2.17 bits per heavy atom. The third-order valence-electron chi connectivity index (χ3n) is 2.66. The molecule has 0 aromatic heterocycles. The summed E-state index contributed by atoms with van der Waals surface area (Å²) in [5.74, 6) is 0. The van der Waals surface area contributed by atoms with Crippen LogP contribution in [0.2, 0.25) is 0 Å². The molecule has 0 aliphatic rings. The Balaban J connectivity index is 0.000000494. The van der Waals surface area contributed by atoms with Gasteiger partial charge in [0, 0.05) is 5.56 Å². The zero-order valence-electron chi connectivity index (χ0n) is 11.9. The van der Waals surface area contributed by atoms with Crippen LogP contribution in [0.25, 0.3) is 0 Å².